The van der Waals surface area contributed by atoms with Crippen LogP contribution >= 0.6 is 0 Å². The lowest BCUT2D eigenvalue weighted by molar-refractivity contribution is -0.132. The van der Waals surface area contributed by atoms with Crippen molar-refractivity contribution in [3.8, 4) is 0 Å². The lowest BCUT2D eigenvalue weighted by Crippen LogP contribution is -2.48. The zero-order valence-corrected chi connectivity index (χ0v) is 17.3. The Labute approximate surface area is 168 Å². The van der Waals surface area contributed by atoms with Gasteiger partial charge in [0, 0.05) is 31.3 Å². The average Bonchev–Trinajstić information content (AvgIpc) is 3.09. The van der Waals surface area contributed by atoms with E-state index in [1.807, 2.05) is 12.1 Å². The Kier molecular flexibility index (Phi) is 6.73. The van der Waals surface area contributed by atoms with Crippen LogP contribution < -0.4 is 15.5 Å². The second kappa shape index (κ2) is 9.05. The molecule has 2 aliphatic rings. The SMILES string of the molecule is COCC1(CNC(=O)C2CCN(c3ccc(C(C)C)cc3)C2=O)CCNCC1. The van der Waals surface area contributed by atoms with Crippen LogP contribution in [0.3, 0.4) is 0 Å². The topological polar surface area (TPSA) is 70.7 Å². The van der Waals surface area contributed by atoms with Gasteiger partial charge in [0.05, 0.1) is 6.61 Å². The summed E-state index contributed by atoms with van der Waals surface area (Å²) in [6.07, 6.45) is 2.50. The van der Waals surface area contributed by atoms with Gasteiger partial charge in [0.2, 0.25) is 11.8 Å². The first-order chi connectivity index (χ1) is 13.5. The summed E-state index contributed by atoms with van der Waals surface area (Å²) in [7, 11) is 1.70. The van der Waals surface area contributed by atoms with Crippen molar-refractivity contribution in [3.63, 3.8) is 0 Å². The van der Waals surface area contributed by atoms with Gasteiger partial charge in [-0.1, -0.05) is 26.0 Å². The van der Waals surface area contributed by atoms with Gasteiger partial charge in [0.15, 0.2) is 0 Å². The molecule has 6 heteroatoms. The molecule has 2 saturated heterocycles. The predicted molar refractivity (Wildman–Crippen MR) is 110 cm³/mol. The molecule has 2 fully saturated rings. The minimum absolute atomic E-state index is 0.0380. The van der Waals surface area contributed by atoms with Crippen molar-refractivity contribution >= 4 is 17.5 Å². The van der Waals surface area contributed by atoms with E-state index in [1.54, 1.807) is 12.0 Å². The molecule has 2 aliphatic heterocycles. The quantitative estimate of drug-likeness (QED) is 0.705. The highest BCUT2D eigenvalue weighted by atomic mass is 16.5. The molecular weight excluding hydrogens is 354 g/mol. The minimum atomic E-state index is -0.592. The summed E-state index contributed by atoms with van der Waals surface area (Å²) in [4.78, 5) is 27.3. The van der Waals surface area contributed by atoms with Crippen LogP contribution in [0.4, 0.5) is 5.69 Å². The summed E-state index contributed by atoms with van der Waals surface area (Å²) in [5, 5.41) is 6.41. The van der Waals surface area contributed by atoms with Crippen molar-refractivity contribution in [2.45, 2.75) is 39.0 Å². The smallest absolute Gasteiger partial charge is 0.239 e. The molecule has 0 radical (unpaired) electrons. The van der Waals surface area contributed by atoms with Gasteiger partial charge in [-0.2, -0.15) is 0 Å². The van der Waals surface area contributed by atoms with Gasteiger partial charge < -0.3 is 20.3 Å². The molecule has 2 heterocycles. The maximum atomic E-state index is 12.9. The van der Waals surface area contributed by atoms with E-state index in [0.717, 1.165) is 31.6 Å². The van der Waals surface area contributed by atoms with E-state index in [-0.39, 0.29) is 17.2 Å². The van der Waals surface area contributed by atoms with Crippen molar-refractivity contribution in [2.24, 2.45) is 11.3 Å². The molecule has 0 saturated carbocycles. The summed E-state index contributed by atoms with van der Waals surface area (Å²) in [6, 6.07) is 8.09. The maximum Gasteiger partial charge on any atom is 0.239 e. The fourth-order valence-electron chi connectivity index (χ4n) is 4.25. The number of piperidine rings is 1. The Morgan fingerprint density at radius 3 is 2.57 bits per heavy atom. The molecule has 0 spiro atoms. The molecule has 1 unspecified atom stereocenters. The van der Waals surface area contributed by atoms with Gasteiger partial charge >= 0.3 is 0 Å². The van der Waals surface area contributed by atoms with Crippen molar-refractivity contribution in [3.05, 3.63) is 29.8 Å². The molecule has 1 atom stereocenters. The Morgan fingerprint density at radius 1 is 1.29 bits per heavy atom. The molecule has 0 aromatic heterocycles. The zero-order chi connectivity index (χ0) is 20.1. The summed E-state index contributed by atoms with van der Waals surface area (Å²) in [5.74, 6) is -0.386. The summed E-state index contributed by atoms with van der Waals surface area (Å²) < 4.78 is 5.41. The third-order valence-corrected chi connectivity index (χ3v) is 6.15. The van der Waals surface area contributed by atoms with Crippen molar-refractivity contribution in [2.75, 3.05) is 44.8 Å². The number of carbonyl (C=O) groups excluding carboxylic acids is 2. The Bertz CT molecular complexity index is 675. The minimum Gasteiger partial charge on any atom is -0.384 e. The molecule has 0 bridgehead atoms. The van der Waals surface area contributed by atoms with Crippen LogP contribution in [0.25, 0.3) is 0 Å². The van der Waals surface area contributed by atoms with E-state index in [2.05, 4.69) is 36.6 Å². The van der Waals surface area contributed by atoms with Crippen LogP contribution in [0.1, 0.15) is 44.6 Å². The second-order valence-corrected chi connectivity index (χ2v) is 8.48. The average molecular weight is 388 g/mol. The van der Waals surface area contributed by atoms with Gasteiger partial charge in [-0.15, -0.1) is 0 Å². The fraction of sp³-hybridized carbons (Fsp3) is 0.636. The third-order valence-electron chi connectivity index (χ3n) is 6.15. The highest BCUT2D eigenvalue weighted by Crippen LogP contribution is 2.30. The summed E-state index contributed by atoms with van der Waals surface area (Å²) in [6.45, 7) is 7.94. The van der Waals surface area contributed by atoms with Crippen LogP contribution in [-0.4, -0.2) is 51.7 Å². The third kappa shape index (κ3) is 4.55. The molecule has 6 nitrogen and oxygen atoms in total. The standard InChI is InChI=1S/C22H33N3O3/c1-16(2)17-4-6-18(7-5-17)25-13-8-19(21(25)27)20(26)24-14-22(15-28-3)9-11-23-12-10-22/h4-7,16,19,23H,8-15H2,1-3H3,(H,24,26). The number of rotatable bonds is 7. The second-order valence-electron chi connectivity index (χ2n) is 8.48. The fourth-order valence-corrected chi connectivity index (χ4v) is 4.25. The molecule has 28 heavy (non-hydrogen) atoms. The van der Waals surface area contributed by atoms with E-state index in [9.17, 15) is 9.59 Å². The van der Waals surface area contributed by atoms with Crippen LogP contribution in [0.5, 0.6) is 0 Å². The Balaban J connectivity index is 1.59. The molecule has 2 N–H and O–H groups in total. The monoisotopic (exact) mass is 387 g/mol. The van der Waals surface area contributed by atoms with Gasteiger partial charge in [-0.05, 0) is 56.0 Å². The van der Waals surface area contributed by atoms with E-state index in [0.29, 0.717) is 32.0 Å². The van der Waals surface area contributed by atoms with Crippen LogP contribution in [0.2, 0.25) is 0 Å². The molecular formula is C22H33N3O3. The van der Waals surface area contributed by atoms with Crippen molar-refractivity contribution in [1.29, 1.82) is 0 Å². The van der Waals surface area contributed by atoms with E-state index in [1.165, 1.54) is 5.56 Å². The number of anilines is 1. The zero-order valence-electron chi connectivity index (χ0n) is 17.3. The molecule has 154 valence electrons. The largest absolute Gasteiger partial charge is 0.384 e. The first-order valence-corrected chi connectivity index (χ1v) is 10.3. The highest BCUT2D eigenvalue weighted by molar-refractivity contribution is 6.09. The molecule has 2 amide bonds. The first-order valence-electron chi connectivity index (χ1n) is 10.3. The highest BCUT2D eigenvalue weighted by Gasteiger charge is 2.39. The van der Waals surface area contributed by atoms with Crippen LogP contribution in [0.15, 0.2) is 24.3 Å². The molecule has 3 rings (SSSR count). The lowest BCUT2D eigenvalue weighted by atomic mass is 9.79. The number of benzene rings is 1. The molecule has 1 aromatic rings. The van der Waals surface area contributed by atoms with Crippen molar-refractivity contribution < 1.29 is 14.3 Å². The van der Waals surface area contributed by atoms with Crippen LogP contribution in [0, 0.1) is 11.3 Å². The number of carbonyl (C=O) groups is 2. The number of methoxy groups -OCH3 is 1. The van der Waals surface area contributed by atoms with E-state index >= 15 is 0 Å². The molecule has 0 aliphatic carbocycles. The summed E-state index contributed by atoms with van der Waals surface area (Å²) in [5.41, 5.74) is 2.08. The lowest BCUT2D eigenvalue weighted by Gasteiger charge is -2.37. The van der Waals surface area contributed by atoms with Gasteiger partial charge in [-0.25, -0.2) is 0 Å². The maximum absolute atomic E-state index is 12.9. The van der Waals surface area contributed by atoms with Crippen molar-refractivity contribution in [1.82, 2.24) is 10.6 Å². The van der Waals surface area contributed by atoms with Gasteiger partial charge in [-0.3, -0.25) is 9.59 Å². The number of amides is 2. The van der Waals surface area contributed by atoms with Gasteiger partial charge in [0.25, 0.3) is 0 Å². The van der Waals surface area contributed by atoms with E-state index < -0.39 is 5.92 Å². The van der Waals surface area contributed by atoms with E-state index in [4.69, 9.17) is 4.74 Å². The number of nitrogens with zero attached hydrogens (tertiary/aromatic N) is 1. The number of hydrogen-bond acceptors (Lipinski definition) is 4. The first kappa shape index (κ1) is 20.8. The van der Waals surface area contributed by atoms with Gasteiger partial charge in [0.1, 0.15) is 5.92 Å². The number of hydrogen-bond donors (Lipinski definition) is 2. The molecule has 1 aromatic carbocycles. The predicted octanol–water partition coefficient (Wildman–Crippen LogP) is 2.30. The van der Waals surface area contributed by atoms with Crippen LogP contribution in [-0.2, 0) is 14.3 Å². The number of ether oxygens (including phenoxy) is 1. The summed E-state index contributed by atoms with van der Waals surface area (Å²) >= 11 is 0. The Morgan fingerprint density at radius 2 is 1.96 bits per heavy atom. The Hall–Kier alpha value is -1.92. The normalized spacial score (nSPS) is 21.9. The number of nitrogens with one attached hydrogen (secondary N) is 2.